The van der Waals surface area contributed by atoms with E-state index in [4.69, 9.17) is 18.3 Å². The second-order valence-electron chi connectivity index (χ2n) is 7.14. The summed E-state index contributed by atoms with van der Waals surface area (Å²) in [4.78, 5) is 6.40. The van der Waals surface area contributed by atoms with Crippen LogP contribution in [-0.4, -0.2) is 53.2 Å². The van der Waals surface area contributed by atoms with Gasteiger partial charge in [0.2, 0.25) is 15.9 Å². The lowest BCUT2D eigenvalue weighted by Gasteiger charge is -2.31. The van der Waals surface area contributed by atoms with Crippen LogP contribution in [0, 0.1) is 6.92 Å². The zero-order valence-corrected chi connectivity index (χ0v) is 19.0. The summed E-state index contributed by atoms with van der Waals surface area (Å²) in [6.45, 7) is 4.59. The van der Waals surface area contributed by atoms with Crippen LogP contribution < -0.4 is 15.2 Å². The van der Waals surface area contributed by atoms with Crippen LogP contribution in [0.1, 0.15) is 5.56 Å². The minimum Gasteiger partial charge on any atom is -0.493 e. The molecular weight excluding hydrogens is 456 g/mol. The van der Waals surface area contributed by atoms with E-state index in [2.05, 4.69) is 15.0 Å². The van der Waals surface area contributed by atoms with Crippen molar-refractivity contribution in [2.24, 2.45) is 10.3 Å². The van der Waals surface area contributed by atoms with E-state index in [9.17, 15) is 13.5 Å². The maximum atomic E-state index is 11.9. The maximum Gasteiger partial charge on any atom is 0.238 e. The molecule has 0 amide bonds. The fraction of sp³-hybridized carbons (Fsp3) is 0.250. The summed E-state index contributed by atoms with van der Waals surface area (Å²) in [5.41, 5.74) is 4.13. The fourth-order valence-electron chi connectivity index (χ4n) is 3.55. The number of hydrogen-bond acceptors (Lipinski definition) is 8. The molecule has 3 aromatic rings. The first-order chi connectivity index (χ1) is 15.1. The van der Waals surface area contributed by atoms with Crippen molar-refractivity contribution < 1.29 is 26.7 Å². The van der Waals surface area contributed by atoms with Crippen LogP contribution in [0.4, 0.5) is 5.69 Å². The third-order valence-corrected chi connectivity index (χ3v) is 5.87. The van der Waals surface area contributed by atoms with Crippen LogP contribution in [-0.2, 0) is 25.7 Å². The van der Waals surface area contributed by atoms with Crippen LogP contribution in [0.2, 0.25) is 0 Å². The molecule has 0 radical (unpaired) electrons. The molecule has 172 valence electrons. The minimum atomic E-state index is -3.83. The largest absolute Gasteiger partial charge is 0.493 e. The lowest BCUT2D eigenvalue weighted by molar-refractivity contribution is 0.123. The van der Waals surface area contributed by atoms with Gasteiger partial charge in [0.05, 0.1) is 23.6 Å². The standard InChI is InChI=1S/C20H21N3O4S.H3NO2S/c1-13-10-20(24)22-18-4-2-14(11-16(13)18)17-12-15(28(21,25)26)3-5-19(17)23-6-8-27-9-7-23;1-4(2)3/h2-5,10-12H,6-9H2,1H3,(H,22,24)(H2,21,25,26);4H,(H2,1,2,3). The number of aromatic hydroxyl groups is 1. The van der Waals surface area contributed by atoms with Gasteiger partial charge >= 0.3 is 0 Å². The number of benzene rings is 2. The molecule has 1 saturated heterocycles. The summed E-state index contributed by atoms with van der Waals surface area (Å²) in [6, 6.07) is 12.2. The number of anilines is 1. The highest BCUT2D eigenvalue weighted by atomic mass is 32.2. The number of hydrogen-bond donors (Lipinski definition) is 4. The van der Waals surface area contributed by atoms with Gasteiger partial charge in [-0.15, -0.1) is 0 Å². The van der Waals surface area contributed by atoms with Crippen molar-refractivity contribution in [3.8, 4) is 17.0 Å². The van der Waals surface area contributed by atoms with Crippen molar-refractivity contribution in [3.63, 3.8) is 0 Å². The summed E-state index contributed by atoms with van der Waals surface area (Å²) in [5, 5.41) is 20.0. The van der Waals surface area contributed by atoms with Crippen molar-refractivity contribution in [2.45, 2.75) is 11.8 Å². The number of rotatable bonds is 3. The number of aryl methyl sites for hydroxylation is 1. The van der Waals surface area contributed by atoms with Gasteiger partial charge in [0.15, 0.2) is 10.9 Å². The molecule has 4 rings (SSSR count). The number of nitrogens with zero attached hydrogens (tertiary/aromatic N) is 2. The molecule has 0 saturated carbocycles. The van der Waals surface area contributed by atoms with Gasteiger partial charge in [-0.1, -0.05) is 6.07 Å². The van der Waals surface area contributed by atoms with Crippen LogP contribution in [0.3, 0.4) is 0 Å². The average molecular weight is 481 g/mol. The summed E-state index contributed by atoms with van der Waals surface area (Å²) in [5.74, 6) is -0.0250. The van der Waals surface area contributed by atoms with E-state index in [0.717, 1.165) is 40.9 Å². The van der Waals surface area contributed by atoms with Gasteiger partial charge in [-0.3, -0.25) is 0 Å². The molecule has 12 heteroatoms. The number of morpholine rings is 1. The lowest BCUT2D eigenvalue weighted by atomic mass is 9.99. The van der Waals surface area contributed by atoms with Crippen molar-refractivity contribution in [1.82, 2.24) is 4.98 Å². The zero-order chi connectivity index (χ0) is 23.5. The molecule has 0 aliphatic carbocycles. The highest BCUT2D eigenvalue weighted by Gasteiger charge is 2.19. The number of ether oxygens (including phenoxy) is 1. The molecule has 5 N–H and O–H groups in total. The summed E-state index contributed by atoms with van der Waals surface area (Å²) in [7, 11) is -6.45. The van der Waals surface area contributed by atoms with E-state index < -0.39 is 20.9 Å². The Bertz CT molecular complexity index is 1310. The lowest BCUT2D eigenvalue weighted by Crippen LogP contribution is -2.36. The third-order valence-electron chi connectivity index (χ3n) is 4.96. The quantitative estimate of drug-likeness (QED) is 0.401. The molecule has 0 spiro atoms. The van der Waals surface area contributed by atoms with E-state index in [1.165, 1.54) is 6.07 Å². The molecule has 0 unspecified atom stereocenters. The molecule has 0 bridgehead atoms. The van der Waals surface area contributed by atoms with Gasteiger partial charge < -0.3 is 14.7 Å². The van der Waals surface area contributed by atoms with Crippen LogP contribution >= 0.6 is 0 Å². The fourth-order valence-corrected chi connectivity index (χ4v) is 4.09. The van der Waals surface area contributed by atoms with Gasteiger partial charge in [0.25, 0.3) is 0 Å². The first kappa shape index (κ1) is 23.9. The highest BCUT2D eigenvalue weighted by Crippen LogP contribution is 2.35. The number of nitrogens with two attached hydrogens (primary N) is 2. The summed E-state index contributed by atoms with van der Waals surface area (Å²) in [6.07, 6.45) is 0. The molecule has 10 nitrogen and oxygen atoms in total. The molecule has 2 heterocycles. The Morgan fingerprint density at radius 2 is 1.75 bits per heavy atom. The van der Waals surface area contributed by atoms with Crippen molar-refractivity contribution >= 4 is 37.5 Å². The van der Waals surface area contributed by atoms with Gasteiger partial charge in [-0.05, 0) is 48.4 Å². The summed E-state index contributed by atoms with van der Waals surface area (Å²) < 4.78 is 46.9. The van der Waals surface area contributed by atoms with E-state index in [1.54, 1.807) is 18.2 Å². The van der Waals surface area contributed by atoms with E-state index in [1.807, 2.05) is 25.1 Å². The number of thiol groups is 1. The average Bonchev–Trinajstić information content (AvgIpc) is 2.72. The van der Waals surface area contributed by atoms with E-state index in [0.29, 0.717) is 18.7 Å². The Morgan fingerprint density at radius 1 is 1.09 bits per heavy atom. The smallest absolute Gasteiger partial charge is 0.238 e. The highest BCUT2D eigenvalue weighted by molar-refractivity contribution is 7.89. The number of fused-ring (bicyclic) bond motifs is 1. The van der Waals surface area contributed by atoms with Gasteiger partial charge in [-0.2, -0.15) is 0 Å². The number of pyridine rings is 1. The predicted octanol–water partition coefficient (Wildman–Crippen LogP) is 0.871. The zero-order valence-electron chi connectivity index (χ0n) is 17.3. The molecule has 1 aliphatic heterocycles. The Kier molecular flexibility index (Phi) is 7.31. The van der Waals surface area contributed by atoms with E-state index in [-0.39, 0.29) is 10.8 Å². The molecule has 1 aliphatic rings. The Hall–Kier alpha value is -2.77. The molecule has 2 aromatic carbocycles. The number of aromatic nitrogens is 1. The minimum absolute atomic E-state index is 0.0250. The van der Waals surface area contributed by atoms with Crippen LogP contribution in [0.5, 0.6) is 5.88 Å². The molecule has 1 fully saturated rings. The number of sulfonamides is 1. The molecule has 32 heavy (non-hydrogen) atoms. The first-order valence-corrected chi connectivity index (χ1v) is 12.3. The maximum absolute atomic E-state index is 11.9. The summed E-state index contributed by atoms with van der Waals surface area (Å²) >= 11 is 0. The Balaban J connectivity index is 0.000000668. The molecule has 0 atom stereocenters. The van der Waals surface area contributed by atoms with Crippen molar-refractivity contribution in [1.29, 1.82) is 0 Å². The second kappa shape index (κ2) is 9.79. The SMILES string of the molecule is Cc1cc(O)nc2ccc(-c3cc(S(N)(=O)=O)ccc3N3CCOCC3)cc12.N[SH](=O)=O. The van der Waals surface area contributed by atoms with E-state index >= 15 is 0 Å². The predicted molar refractivity (Wildman–Crippen MR) is 122 cm³/mol. The van der Waals surface area contributed by atoms with Crippen molar-refractivity contribution in [2.75, 3.05) is 31.2 Å². The van der Waals surface area contributed by atoms with Gasteiger partial charge in [0.1, 0.15) is 0 Å². The monoisotopic (exact) mass is 480 g/mol. The molecule has 1 aromatic heterocycles. The number of primary sulfonamides is 1. The molecular formula is C20H24N4O6S2. The Labute approximate surface area is 187 Å². The topological polar surface area (TPSA) is 166 Å². The van der Waals surface area contributed by atoms with Crippen LogP contribution in [0.25, 0.3) is 22.0 Å². The van der Waals surface area contributed by atoms with Crippen LogP contribution in [0.15, 0.2) is 47.4 Å². The normalized spacial score (nSPS) is 14.3. The Morgan fingerprint density at radius 3 is 2.38 bits per heavy atom. The first-order valence-electron chi connectivity index (χ1n) is 9.55. The second-order valence-corrected chi connectivity index (χ2v) is 9.27. The van der Waals surface area contributed by atoms with Gasteiger partial charge in [-0.25, -0.2) is 32.1 Å². The van der Waals surface area contributed by atoms with Gasteiger partial charge in [0, 0.05) is 35.8 Å². The third kappa shape index (κ3) is 5.72. The van der Waals surface area contributed by atoms with Crippen molar-refractivity contribution in [3.05, 3.63) is 48.0 Å².